The number of hydrogen-bond donors (Lipinski definition) is 0. The van der Waals surface area contributed by atoms with E-state index in [1.807, 2.05) is 23.1 Å². The van der Waals surface area contributed by atoms with E-state index in [4.69, 9.17) is 11.6 Å². The highest BCUT2D eigenvalue weighted by Crippen LogP contribution is 2.23. The molecule has 0 aliphatic carbocycles. The molecule has 2 aromatic carbocycles. The summed E-state index contributed by atoms with van der Waals surface area (Å²) in [4.78, 5) is 33.4. The van der Waals surface area contributed by atoms with Gasteiger partial charge in [-0.2, -0.15) is 0 Å². The number of fused-ring (bicyclic) bond motifs is 1. The number of nitrogens with zero attached hydrogens (tertiary/aromatic N) is 3. The van der Waals surface area contributed by atoms with E-state index in [1.165, 1.54) is 4.70 Å². The number of rotatable bonds is 5. The minimum absolute atomic E-state index is 0.00963. The lowest BCUT2D eigenvalue weighted by Gasteiger charge is -2.35. The van der Waals surface area contributed by atoms with E-state index in [1.54, 1.807) is 40.5 Å². The first kappa shape index (κ1) is 19.9. The van der Waals surface area contributed by atoms with Crippen LogP contribution in [0.25, 0.3) is 10.2 Å². The Morgan fingerprint density at radius 2 is 1.66 bits per heavy atom. The monoisotopic (exact) mass is 427 g/mol. The largest absolute Gasteiger partial charge is 0.339 e. The maximum absolute atomic E-state index is 12.6. The maximum Gasteiger partial charge on any atom is 0.253 e. The SMILES string of the molecule is O=C(CCCc1nc2ccccc2s1)N1CCN(C(=O)c2ccc(Cl)cc2)CC1. The van der Waals surface area contributed by atoms with Crippen LogP contribution in [0.1, 0.15) is 28.2 Å². The highest BCUT2D eigenvalue weighted by atomic mass is 35.5. The molecule has 0 radical (unpaired) electrons. The van der Waals surface area contributed by atoms with Gasteiger partial charge in [-0.15, -0.1) is 11.3 Å². The van der Waals surface area contributed by atoms with E-state index in [9.17, 15) is 9.59 Å². The van der Waals surface area contributed by atoms with Gasteiger partial charge in [-0.1, -0.05) is 23.7 Å². The van der Waals surface area contributed by atoms with Crippen LogP contribution < -0.4 is 0 Å². The first-order valence-electron chi connectivity index (χ1n) is 9.77. The van der Waals surface area contributed by atoms with Crippen LogP contribution in [0.3, 0.4) is 0 Å². The zero-order valence-electron chi connectivity index (χ0n) is 16.0. The standard InChI is InChI=1S/C22H22ClN3O2S/c23-17-10-8-16(9-11-17)22(28)26-14-12-25(13-15-26)21(27)7-3-6-20-24-18-4-1-2-5-19(18)29-20/h1-2,4-5,8-11H,3,6-7,12-15H2. The summed E-state index contributed by atoms with van der Waals surface area (Å²) < 4.78 is 1.19. The van der Waals surface area contributed by atoms with Crippen molar-refractivity contribution in [3.8, 4) is 0 Å². The lowest BCUT2D eigenvalue weighted by atomic mass is 10.1. The lowest BCUT2D eigenvalue weighted by molar-refractivity contribution is -0.132. The van der Waals surface area contributed by atoms with Gasteiger partial charge in [0, 0.05) is 43.2 Å². The number of carbonyl (C=O) groups is 2. The number of halogens is 1. The third-order valence-corrected chi connectivity index (χ3v) is 6.48. The number of piperazine rings is 1. The summed E-state index contributed by atoms with van der Waals surface area (Å²) in [5.74, 6) is 0.148. The van der Waals surface area contributed by atoms with Crippen molar-refractivity contribution >= 4 is 45.0 Å². The molecule has 4 rings (SSSR count). The molecule has 5 nitrogen and oxygen atoms in total. The zero-order valence-corrected chi connectivity index (χ0v) is 17.6. The molecule has 3 aromatic rings. The molecule has 0 N–H and O–H groups in total. The van der Waals surface area contributed by atoms with Crippen LogP contribution in [-0.4, -0.2) is 52.8 Å². The Morgan fingerprint density at radius 1 is 0.966 bits per heavy atom. The van der Waals surface area contributed by atoms with Gasteiger partial charge < -0.3 is 9.80 Å². The van der Waals surface area contributed by atoms with Gasteiger partial charge in [-0.3, -0.25) is 9.59 Å². The van der Waals surface area contributed by atoms with Gasteiger partial charge in [-0.25, -0.2) is 4.98 Å². The number of para-hydroxylation sites is 1. The smallest absolute Gasteiger partial charge is 0.253 e. The summed E-state index contributed by atoms with van der Waals surface area (Å²) in [6, 6.07) is 15.0. The van der Waals surface area contributed by atoms with Crippen molar-refractivity contribution in [2.24, 2.45) is 0 Å². The Morgan fingerprint density at radius 3 is 2.38 bits per heavy atom. The molecule has 1 aromatic heterocycles. The lowest BCUT2D eigenvalue weighted by Crippen LogP contribution is -2.50. The van der Waals surface area contributed by atoms with Crippen LogP contribution in [0.4, 0.5) is 0 Å². The van der Waals surface area contributed by atoms with Gasteiger partial charge >= 0.3 is 0 Å². The van der Waals surface area contributed by atoms with Crippen LogP contribution in [0.15, 0.2) is 48.5 Å². The average Bonchev–Trinajstić information content (AvgIpc) is 3.16. The second kappa shape index (κ2) is 8.93. The van der Waals surface area contributed by atoms with Crippen molar-refractivity contribution in [2.75, 3.05) is 26.2 Å². The van der Waals surface area contributed by atoms with Gasteiger partial charge in [0.15, 0.2) is 0 Å². The van der Waals surface area contributed by atoms with Crippen LogP contribution in [-0.2, 0) is 11.2 Å². The van der Waals surface area contributed by atoms with E-state index < -0.39 is 0 Å². The number of aromatic nitrogens is 1. The highest BCUT2D eigenvalue weighted by molar-refractivity contribution is 7.18. The van der Waals surface area contributed by atoms with E-state index in [-0.39, 0.29) is 11.8 Å². The number of benzene rings is 2. The summed E-state index contributed by atoms with van der Waals surface area (Å²) >= 11 is 7.58. The van der Waals surface area contributed by atoms with Gasteiger partial charge in [-0.05, 0) is 49.2 Å². The molecule has 0 bridgehead atoms. The molecule has 7 heteroatoms. The van der Waals surface area contributed by atoms with E-state index in [0.29, 0.717) is 43.2 Å². The fraction of sp³-hybridized carbons (Fsp3) is 0.318. The number of carbonyl (C=O) groups excluding carboxylic acids is 2. The molecule has 1 fully saturated rings. The molecule has 0 spiro atoms. The predicted octanol–water partition coefficient (Wildman–Crippen LogP) is 4.26. The van der Waals surface area contributed by atoms with Gasteiger partial charge in [0.2, 0.25) is 5.91 Å². The average molecular weight is 428 g/mol. The molecule has 1 saturated heterocycles. The maximum atomic E-state index is 12.6. The Hall–Kier alpha value is -2.44. The fourth-order valence-electron chi connectivity index (χ4n) is 3.51. The summed E-state index contributed by atoms with van der Waals surface area (Å²) in [6.07, 6.45) is 2.13. The zero-order chi connectivity index (χ0) is 20.2. The van der Waals surface area contributed by atoms with E-state index >= 15 is 0 Å². The van der Waals surface area contributed by atoms with Crippen LogP contribution in [0, 0.1) is 0 Å². The number of hydrogen-bond acceptors (Lipinski definition) is 4. The van der Waals surface area contributed by atoms with Crippen molar-refractivity contribution in [2.45, 2.75) is 19.3 Å². The summed E-state index contributed by atoms with van der Waals surface area (Å²) in [7, 11) is 0. The molecule has 29 heavy (non-hydrogen) atoms. The number of aryl methyl sites for hydroxylation is 1. The fourth-order valence-corrected chi connectivity index (χ4v) is 4.64. The minimum Gasteiger partial charge on any atom is -0.339 e. The van der Waals surface area contributed by atoms with Gasteiger partial charge in [0.1, 0.15) is 0 Å². The second-order valence-corrected chi connectivity index (χ2v) is 8.66. The van der Waals surface area contributed by atoms with Gasteiger partial charge in [0.25, 0.3) is 5.91 Å². The third-order valence-electron chi connectivity index (χ3n) is 5.13. The molecular formula is C22H22ClN3O2S. The van der Waals surface area contributed by atoms with Crippen molar-refractivity contribution in [1.82, 2.24) is 14.8 Å². The van der Waals surface area contributed by atoms with Crippen LogP contribution in [0.2, 0.25) is 5.02 Å². The predicted molar refractivity (Wildman–Crippen MR) is 116 cm³/mol. The van der Waals surface area contributed by atoms with Crippen molar-refractivity contribution in [3.05, 3.63) is 64.1 Å². The van der Waals surface area contributed by atoms with Crippen LogP contribution >= 0.6 is 22.9 Å². The first-order valence-corrected chi connectivity index (χ1v) is 11.0. The molecule has 0 unspecified atom stereocenters. The van der Waals surface area contributed by atoms with E-state index in [2.05, 4.69) is 11.1 Å². The minimum atomic E-state index is -0.00963. The first-order chi connectivity index (χ1) is 14.1. The summed E-state index contributed by atoms with van der Waals surface area (Å²) in [5, 5.41) is 1.69. The highest BCUT2D eigenvalue weighted by Gasteiger charge is 2.24. The van der Waals surface area contributed by atoms with Crippen molar-refractivity contribution in [3.63, 3.8) is 0 Å². The normalized spacial score (nSPS) is 14.4. The Labute approximate surface area is 178 Å². The molecule has 1 aliphatic rings. The topological polar surface area (TPSA) is 53.5 Å². The summed E-state index contributed by atoms with van der Waals surface area (Å²) in [5.41, 5.74) is 1.66. The second-order valence-electron chi connectivity index (χ2n) is 7.11. The van der Waals surface area contributed by atoms with Crippen molar-refractivity contribution in [1.29, 1.82) is 0 Å². The Bertz CT molecular complexity index is 977. The number of thiazole rings is 1. The molecular weight excluding hydrogens is 406 g/mol. The summed E-state index contributed by atoms with van der Waals surface area (Å²) in [6.45, 7) is 2.29. The molecule has 1 aliphatic heterocycles. The van der Waals surface area contributed by atoms with Crippen LogP contribution in [0.5, 0.6) is 0 Å². The molecule has 2 heterocycles. The Kier molecular flexibility index (Phi) is 6.11. The third kappa shape index (κ3) is 4.77. The van der Waals surface area contributed by atoms with Gasteiger partial charge in [0.05, 0.1) is 15.2 Å². The quantitative estimate of drug-likeness (QED) is 0.611. The molecule has 0 saturated carbocycles. The number of amides is 2. The molecule has 150 valence electrons. The molecule has 0 atom stereocenters. The van der Waals surface area contributed by atoms with E-state index in [0.717, 1.165) is 23.4 Å². The Balaban J connectivity index is 1.23. The molecule has 2 amide bonds. The van der Waals surface area contributed by atoms with Crippen molar-refractivity contribution < 1.29 is 9.59 Å².